The van der Waals surface area contributed by atoms with Crippen LogP contribution in [-0.4, -0.2) is 68.8 Å². The molecule has 0 aromatic rings. The molecular weight excluding hydrogens is 216 g/mol. The fourth-order valence-corrected chi connectivity index (χ4v) is 1.67. The number of rotatable bonds is 9. The number of hydrogen-bond acceptors (Lipinski definition) is 6. The van der Waals surface area contributed by atoms with E-state index >= 15 is 0 Å². The highest BCUT2D eigenvalue weighted by Crippen LogP contribution is 2.20. The van der Waals surface area contributed by atoms with Crippen molar-refractivity contribution < 1.29 is 30.6 Å². The molecule has 3 unspecified atom stereocenters. The molecule has 0 amide bonds. The first-order valence-electron chi connectivity index (χ1n) is 5.40. The molecule has 0 fully saturated rings. The van der Waals surface area contributed by atoms with Crippen LogP contribution in [0.2, 0.25) is 0 Å². The predicted octanol–water partition coefficient (Wildman–Crippen LogP) is -2.17. The maximum absolute atomic E-state index is 9.26. The van der Waals surface area contributed by atoms with Crippen molar-refractivity contribution in [3.63, 3.8) is 0 Å². The normalized spacial score (nSPS) is 19.1. The van der Waals surface area contributed by atoms with Gasteiger partial charge in [-0.25, -0.2) is 0 Å². The van der Waals surface area contributed by atoms with Crippen molar-refractivity contribution in [3.05, 3.63) is 0 Å². The van der Waals surface area contributed by atoms with Gasteiger partial charge >= 0.3 is 0 Å². The topological polar surface area (TPSA) is 121 Å². The highest BCUT2D eigenvalue weighted by Gasteiger charge is 2.20. The lowest BCUT2D eigenvalue weighted by molar-refractivity contribution is 0.0185. The van der Waals surface area contributed by atoms with Gasteiger partial charge in [0.05, 0.1) is 38.1 Å². The van der Waals surface area contributed by atoms with Gasteiger partial charge < -0.3 is 30.6 Å². The van der Waals surface area contributed by atoms with Crippen molar-refractivity contribution in [1.29, 1.82) is 0 Å². The number of aliphatic hydroxyl groups excluding tert-OH is 6. The highest BCUT2D eigenvalue weighted by molar-refractivity contribution is 4.72. The summed E-state index contributed by atoms with van der Waals surface area (Å²) >= 11 is 0. The molecule has 0 aromatic heterocycles. The maximum Gasteiger partial charge on any atom is 0.0773 e. The summed E-state index contributed by atoms with van der Waals surface area (Å²) in [6.45, 7) is -1.16. The van der Waals surface area contributed by atoms with Crippen molar-refractivity contribution >= 4 is 0 Å². The van der Waals surface area contributed by atoms with Crippen LogP contribution in [-0.2, 0) is 0 Å². The summed E-state index contributed by atoms with van der Waals surface area (Å²) in [6.07, 6.45) is -2.11. The van der Waals surface area contributed by atoms with Gasteiger partial charge in [-0.1, -0.05) is 0 Å². The summed E-state index contributed by atoms with van der Waals surface area (Å²) in [4.78, 5) is 0. The molecule has 0 heterocycles. The van der Waals surface area contributed by atoms with E-state index in [0.29, 0.717) is 0 Å². The van der Waals surface area contributed by atoms with Crippen LogP contribution in [0.25, 0.3) is 0 Å². The Bertz CT molecular complexity index is 137. The number of hydrogen-bond donors (Lipinski definition) is 6. The van der Waals surface area contributed by atoms with Crippen molar-refractivity contribution in [2.75, 3.05) is 19.8 Å². The third-order valence-corrected chi connectivity index (χ3v) is 2.45. The van der Waals surface area contributed by atoms with Crippen LogP contribution in [0, 0.1) is 5.92 Å². The van der Waals surface area contributed by atoms with E-state index in [1.807, 2.05) is 0 Å². The minimum Gasteiger partial charge on any atom is -0.394 e. The Balaban J connectivity index is 4.15. The summed E-state index contributed by atoms with van der Waals surface area (Å²) in [5, 5.41) is 53.9. The Labute approximate surface area is 94.8 Å². The lowest BCUT2D eigenvalue weighted by Gasteiger charge is -2.23. The molecule has 0 bridgehead atoms. The zero-order valence-corrected chi connectivity index (χ0v) is 9.24. The van der Waals surface area contributed by atoms with Gasteiger partial charge in [0.15, 0.2) is 0 Å². The quantitative estimate of drug-likeness (QED) is 0.272. The predicted molar refractivity (Wildman–Crippen MR) is 56.6 cm³/mol. The molecule has 0 saturated carbocycles. The van der Waals surface area contributed by atoms with Crippen LogP contribution in [0.1, 0.15) is 19.3 Å². The molecule has 0 aromatic carbocycles. The molecule has 3 atom stereocenters. The first kappa shape index (κ1) is 15.8. The molecule has 6 heteroatoms. The summed E-state index contributed by atoms with van der Waals surface area (Å²) < 4.78 is 0. The van der Waals surface area contributed by atoms with E-state index in [1.165, 1.54) is 0 Å². The Morgan fingerprint density at radius 2 is 0.812 bits per heavy atom. The van der Waals surface area contributed by atoms with Gasteiger partial charge in [-0.3, -0.25) is 0 Å². The van der Waals surface area contributed by atoms with Crippen molar-refractivity contribution in [1.82, 2.24) is 0 Å². The van der Waals surface area contributed by atoms with Crippen molar-refractivity contribution in [2.24, 2.45) is 5.92 Å². The molecule has 6 nitrogen and oxygen atoms in total. The SMILES string of the molecule is OCC(O)CC(CC(O)CO)CC(O)CO. The molecule has 0 radical (unpaired) electrons. The second-order valence-electron chi connectivity index (χ2n) is 4.08. The Hall–Kier alpha value is -0.240. The first-order chi connectivity index (χ1) is 7.53. The van der Waals surface area contributed by atoms with E-state index in [9.17, 15) is 15.3 Å². The largest absolute Gasteiger partial charge is 0.394 e. The summed E-state index contributed by atoms with van der Waals surface area (Å²) in [5.74, 6) is -0.258. The van der Waals surface area contributed by atoms with Crippen LogP contribution in [0.15, 0.2) is 0 Å². The third kappa shape index (κ3) is 7.10. The molecule has 6 N–H and O–H groups in total. The fraction of sp³-hybridized carbons (Fsp3) is 1.00. The molecule has 0 aliphatic heterocycles. The minimum atomic E-state index is -0.915. The summed E-state index contributed by atoms with van der Waals surface area (Å²) in [7, 11) is 0. The van der Waals surface area contributed by atoms with Crippen LogP contribution in [0.4, 0.5) is 0 Å². The molecule has 0 saturated heterocycles. The maximum atomic E-state index is 9.26. The highest BCUT2D eigenvalue weighted by atomic mass is 16.3. The second-order valence-corrected chi connectivity index (χ2v) is 4.08. The van der Waals surface area contributed by atoms with Crippen LogP contribution >= 0.6 is 0 Å². The summed E-state index contributed by atoms with van der Waals surface area (Å²) in [6, 6.07) is 0. The third-order valence-electron chi connectivity index (χ3n) is 2.45. The van der Waals surface area contributed by atoms with Gasteiger partial charge in [-0.05, 0) is 25.2 Å². The van der Waals surface area contributed by atoms with Crippen LogP contribution in [0.5, 0.6) is 0 Å². The molecule has 0 spiro atoms. The fourth-order valence-electron chi connectivity index (χ4n) is 1.67. The molecule has 0 aliphatic carbocycles. The van der Waals surface area contributed by atoms with Crippen LogP contribution < -0.4 is 0 Å². The van der Waals surface area contributed by atoms with E-state index in [-0.39, 0.29) is 45.0 Å². The van der Waals surface area contributed by atoms with E-state index in [1.54, 1.807) is 0 Å². The van der Waals surface area contributed by atoms with Crippen molar-refractivity contribution in [2.45, 2.75) is 37.6 Å². The molecular formula is C10H22O6. The lowest BCUT2D eigenvalue weighted by atomic mass is 9.90. The zero-order chi connectivity index (χ0) is 12.6. The Morgan fingerprint density at radius 1 is 0.562 bits per heavy atom. The zero-order valence-electron chi connectivity index (χ0n) is 9.24. The smallest absolute Gasteiger partial charge is 0.0773 e. The van der Waals surface area contributed by atoms with E-state index in [2.05, 4.69) is 0 Å². The van der Waals surface area contributed by atoms with Gasteiger partial charge in [0.1, 0.15) is 0 Å². The minimum absolute atomic E-state index is 0.213. The Kier molecular flexibility index (Phi) is 8.73. The van der Waals surface area contributed by atoms with Gasteiger partial charge in [-0.15, -0.1) is 0 Å². The average Bonchev–Trinajstić information content (AvgIpc) is 2.28. The summed E-state index contributed by atoms with van der Waals surface area (Å²) in [5.41, 5.74) is 0. The van der Waals surface area contributed by atoms with Gasteiger partial charge in [0, 0.05) is 0 Å². The Morgan fingerprint density at radius 3 is 1.00 bits per heavy atom. The van der Waals surface area contributed by atoms with E-state index in [4.69, 9.17) is 15.3 Å². The lowest BCUT2D eigenvalue weighted by Crippen LogP contribution is -2.27. The number of aliphatic hydroxyl groups is 6. The van der Waals surface area contributed by atoms with E-state index in [0.717, 1.165) is 0 Å². The van der Waals surface area contributed by atoms with E-state index < -0.39 is 18.3 Å². The standard InChI is InChI=1S/C10H22O6/c11-4-8(14)1-7(2-9(15)5-12)3-10(16)6-13/h7-16H,1-6H2. The van der Waals surface area contributed by atoms with Gasteiger partial charge in [0.2, 0.25) is 0 Å². The van der Waals surface area contributed by atoms with Crippen molar-refractivity contribution in [3.8, 4) is 0 Å². The van der Waals surface area contributed by atoms with Gasteiger partial charge in [-0.2, -0.15) is 0 Å². The molecule has 98 valence electrons. The molecule has 16 heavy (non-hydrogen) atoms. The first-order valence-corrected chi connectivity index (χ1v) is 5.40. The molecule has 0 rings (SSSR count). The molecule has 0 aliphatic rings. The monoisotopic (exact) mass is 238 g/mol. The van der Waals surface area contributed by atoms with Crippen LogP contribution in [0.3, 0.4) is 0 Å². The average molecular weight is 238 g/mol. The van der Waals surface area contributed by atoms with Gasteiger partial charge in [0.25, 0.3) is 0 Å². The second kappa shape index (κ2) is 8.86.